The van der Waals surface area contributed by atoms with Crippen molar-refractivity contribution in [2.45, 2.75) is 13.8 Å². The molecule has 0 aliphatic heterocycles. The van der Waals surface area contributed by atoms with E-state index in [4.69, 9.17) is 5.11 Å². The summed E-state index contributed by atoms with van der Waals surface area (Å²) in [6.45, 7) is 3.79. The molecule has 0 unspecified atom stereocenters. The molecule has 0 aliphatic carbocycles. The van der Waals surface area contributed by atoms with E-state index in [9.17, 15) is 4.79 Å². The lowest BCUT2D eigenvalue weighted by Crippen LogP contribution is -2.11. The van der Waals surface area contributed by atoms with Gasteiger partial charge < -0.3 is 10.0 Å². The summed E-state index contributed by atoms with van der Waals surface area (Å²) >= 11 is 1.39. The molecule has 1 heterocycles. The Morgan fingerprint density at radius 2 is 2.00 bits per heavy atom. The van der Waals surface area contributed by atoms with Crippen molar-refractivity contribution in [3.05, 3.63) is 40.4 Å². The van der Waals surface area contributed by atoms with Crippen LogP contribution in [0.4, 0.5) is 10.8 Å². The number of carbonyl (C=O) groups is 1. The van der Waals surface area contributed by atoms with Crippen LogP contribution >= 0.6 is 11.3 Å². The van der Waals surface area contributed by atoms with Gasteiger partial charge in [0.25, 0.3) is 0 Å². The minimum atomic E-state index is -0.979. The topological polar surface area (TPSA) is 53.4 Å². The van der Waals surface area contributed by atoms with Crippen LogP contribution in [0, 0.1) is 13.8 Å². The fraction of sp³-hybridized carbons (Fsp3) is 0.231. The molecule has 0 atom stereocenters. The first-order valence-electron chi connectivity index (χ1n) is 5.50. The zero-order valence-corrected chi connectivity index (χ0v) is 11.3. The van der Waals surface area contributed by atoms with Gasteiger partial charge in [0, 0.05) is 17.6 Å². The summed E-state index contributed by atoms with van der Waals surface area (Å²) in [4.78, 5) is 17.8. The molecule has 2 rings (SSSR count). The van der Waals surface area contributed by atoms with Gasteiger partial charge in [-0.2, -0.15) is 0 Å². The van der Waals surface area contributed by atoms with Crippen molar-refractivity contribution in [1.29, 1.82) is 0 Å². The Kier molecular flexibility index (Phi) is 3.34. The third-order valence-corrected chi connectivity index (χ3v) is 3.80. The predicted molar refractivity (Wildman–Crippen MR) is 73.1 cm³/mol. The molecular formula is C13H14N2O2S. The highest BCUT2D eigenvalue weighted by Crippen LogP contribution is 2.31. The average Bonchev–Trinajstić information content (AvgIpc) is 2.71. The lowest BCUT2D eigenvalue weighted by Gasteiger charge is -2.17. The van der Waals surface area contributed by atoms with E-state index >= 15 is 0 Å². The number of para-hydroxylation sites is 1. The van der Waals surface area contributed by atoms with Crippen LogP contribution in [0.25, 0.3) is 0 Å². The van der Waals surface area contributed by atoms with Crippen molar-refractivity contribution in [3.63, 3.8) is 0 Å². The smallest absolute Gasteiger partial charge is 0.355 e. The molecule has 0 saturated carbocycles. The van der Waals surface area contributed by atoms with E-state index in [-0.39, 0.29) is 5.69 Å². The molecule has 18 heavy (non-hydrogen) atoms. The van der Waals surface area contributed by atoms with Crippen molar-refractivity contribution in [2.24, 2.45) is 0 Å². The zero-order valence-electron chi connectivity index (χ0n) is 10.5. The minimum absolute atomic E-state index is 0.135. The van der Waals surface area contributed by atoms with E-state index in [1.807, 2.05) is 43.1 Å². The quantitative estimate of drug-likeness (QED) is 0.922. The Balaban J connectivity index is 2.41. The number of hydrogen-bond donors (Lipinski definition) is 1. The highest BCUT2D eigenvalue weighted by Gasteiger charge is 2.17. The van der Waals surface area contributed by atoms with Crippen molar-refractivity contribution in [1.82, 2.24) is 4.98 Å². The van der Waals surface area contributed by atoms with Crippen LogP contribution in [0.5, 0.6) is 0 Å². The van der Waals surface area contributed by atoms with Crippen LogP contribution in [0.15, 0.2) is 24.3 Å². The van der Waals surface area contributed by atoms with Gasteiger partial charge in [-0.3, -0.25) is 0 Å². The van der Waals surface area contributed by atoms with E-state index in [1.165, 1.54) is 11.3 Å². The van der Waals surface area contributed by atoms with E-state index in [0.29, 0.717) is 5.13 Å². The van der Waals surface area contributed by atoms with Crippen molar-refractivity contribution in [3.8, 4) is 0 Å². The number of aryl methyl sites for hydroxylation is 2. The normalized spacial score (nSPS) is 10.4. The number of aromatic carboxylic acids is 1. The standard InChI is InChI=1S/C13H14N2O2S/c1-8-6-4-5-7-10(8)15(3)13-14-11(12(16)17)9(2)18-13/h4-7H,1-3H3,(H,16,17). The van der Waals surface area contributed by atoms with Gasteiger partial charge in [0.05, 0.1) is 0 Å². The third-order valence-electron chi connectivity index (χ3n) is 2.75. The first-order chi connectivity index (χ1) is 8.50. The SMILES string of the molecule is Cc1ccccc1N(C)c1nc(C(=O)O)c(C)s1. The maximum Gasteiger partial charge on any atom is 0.355 e. The molecule has 0 fully saturated rings. The van der Waals surface area contributed by atoms with Gasteiger partial charge in [0.15, 0.2) is 10.8 Å². The van der Waals surface area contributed by atoms with Gasteiger partial charge in [-0.05, 0) is 25.5 Å². The maximum absolute atomic E-state index is 11.0. The van der Waals surface area contributed by atoms with Gasteiger partial charge in [-0.15, -0.1) is 11.3 Å². The Hall–Kier alpha value is -1.88. The first-order valence-corrected chi connectivity index (χ1v) is 6.32. The second-order valence-corrected chi connectivity index (χ2v) is 5.23. The molecule has 5 heteroatoms. The second kappa shape index (κ2) is 4.78. The first kappa shape index (κ1) is 12.6. The Bertz CT molecular complexity index is 592. The highest BCUT2D eigenvalue weighted by molar-refractivity contribution is 7.15. The average molecular weight is 262 g/mol. The third kappa shape index (κ3) is 2.22. The lowest BCUT2D eigenvalue weighted by molar-refractivity contribution is 0.0690. The fourth-order valence-electron chi connectivity index (χ4n) is 1.77. The number of nitrogens with zero attached hydrogens (tertiary/aromatic N) is 2. The van der Waals surface area contributed by atoms with Gasteiger partial charge in [-0.25, -0.2) is 9.78 Å². The number of thiazole rings is 1. The molecule has 0 aliphatic rings. The van der Waals surface area contributed by atoms with Crippen molar-refractivity contribution in [2.75, 3.05) is 11.9 Å². The largest absolute Gasteiger partial charge is 0.476 e. The summed E-state index contributed by atoms with van der Waals surface area (Å²) in [7, 11) is 1.90. The number of anilines is 2. The summed E-state index contributed by atoms with van der Waals surface area (Å²) in [5, 5.41) is 9.71. The molecular weight excluding hydrogens is 248 g/mol. The van der Waals surface area contributed by atoms with Crippen LogP contribution in [0.1, 0.15) is 20.9 Å². The van der Waals surface area contributed by atoms with Gasteiger partial charge in [-0.1, -0.05) is 18.2 Å². The summed E-state index contributed by atoms with van der Waals surface area (Å²) in [6.07, 6.45) is 0. The minimum Gasteiger partial charge on any atom is -0.476 e. The Morgan fingerprint density at radius 3 is 2.56 bits per heavy atom. The molecule has 0 saturated heterocycles. The molecule has 4 nitrogen and oxygen atoms in total. The zero-order chi connectivity index (χ0) is 13.3. The molecule has 0 radical (unpaired) electrons. The monoisotopic (exact) mass is 262 g/mol. The van der Waals surface area contributed by atoms with E-state index in [1.54, 1.807) is 6.92 Å². The number of benzene rings is 1. The predicted octanol–water partition coefficient (Wildman–Crippen LogP) is 3.23. The van der Waals surface area contributed by atoms with E-state index in [0.717, 1.165) is 16.1 Å². The highest BCUT2D eigenvalue weighted by atomic mass is 32.1. The van der Waals surface area contributed by atoms with E-state index in [2.05, 4.69) is 4.98 Å². The van der Waals surface area contributed by atoms with Gasteiger partial charge in [0.1, 0.15) is 0 Å². The van der Waals surface area contributed by atoms with Gasteiger partial charge in [0.2, 0.25) is 0 Å². The number of aromatic nitrogens is 1. The summed E-state index contributed by atoms with van der Waals surface area (Å²) < 4.78 is 0. The van der Waals surface area contributed by atoms with Crippen molar-refractivity contribution >= 4 is 28.1 Å². The molecule has 0 amide bonds. The van der Waals surface area contributed by atoms with Crippen LogP contribution in [-0.4, -0.2) is 23.1 Å². The van der Waals surface area contributed by atoms with Crippen LogP contribution in [0.3, 0.4) is 0 Å². The maximum atomic E-state index is 11.0. The summed E-state index contributed by atoms with van der Waals surface area (Å²) in [5.41, 5.74) is 2.29. The van der Waals surface area contributed by atoms with Gasteiger partial charge >= 0.3 is 5.97 Å². The Morgan fingerprint density at radius 1 is 1.33 bits per heavy atom. The summed E-state index contributed by atoms with van der Waals surface area (Å²) in [5.74, 6) is -0.979. The summed E-state index contributed by atoms with van der Waals surface area (Å²) in [6, 6.07) is 7.94. The Labute approximate surface area is 110 Å². The molecule has 0 bridgehead atoms. The number of rotatable bonds is 3. The number of hydrogen-bond acceptors (Lipinski definition) is 4. The lowest BCUT2D eigenvalue weighted by atomic mass is 10.2. The molecule has 94 valence electrons. The molecule has 1 N–H and O–H groups in total. The number of carboxylic acids is 1. The van der Waals surface area contributed by atoms with E-state index < -0.39 is 5.97 Å². The fourth-order valence-corrected chi connectivity index (χ4v) is 2.64. The van der Waals surface area contributed by atoms with Crippen LogP contribution in [0.2, 0.25) is 0 Å². The second-order valence-electron chi connectivity index (χ2n) is 4.05. The van der Waals surface area contributed by atoms with Crippen LogP contribution < -0.4 is 4.90 Å². The molecule has 1 aromatic heterocycles. The van der Waals surface area contributed by atoms with Crippen molar-refractivity contribution < 1.29 is 9.90 Å². The molecule has 0 spiro atoms. The van der Waals surface area contributed by atoms with Crippen LogP contribution in [-0.2, 0) is 0 Å². The number of carboxylic acid groups (broad SMARTS) is 1. The molecule has 2 aromatic rings. The molecule has 1 aromatic carbocycles.